The van der Waals surface area contributed by atoms with Gasteiger partial charge in [-0.25, -0.2) is 0 Å². The van der Waals surface area contributed by atoms with E-state index < -0.39 is 0 Å². The van der Waals surface area contributed by atoms with E-state index >= 15 is 0 Å². The van der Waals surface area contributed by atoms with Gasteiger partial charge in [-0.15, -0.1) is 0 Å². The van der Waals surface area contributed by atoms with Crippen molar-refractivity contribution in [3.8, 4) is 0 Å². The van der Waals surface area contributed by atoms with Gasteiger partial charge in [0.1, 0.15) is 0 Å². The van der Waals surface area contributed by atoms with E-state index in [-0.39, 0.29) is 0 Å². The van der Waals surface area contributed by atoms with Gasteiger partial charge in [0.25, 0.3) is 0 Å². The van der Waals surface area contributed by atoms with Crippen LogP contribution in [0.3, 0.4) is 0 Å². The molecule has 1 atom stereocenters. The molecule has 0 aliphatic rings. The summed E-state index contributed by atoms with van der Waals surface area (Å²) in [7, 11) is 0. The van der Waals surface area contributed by atoms with E-state index in [4.69, 9.17) is 0 Å². The minimum absolute atomic E-state index is 0.464. The molecule has 0 amide bonds. The average Bonchev–Trinajstić information content (AvgIpc) is 2.27. The molecule has 1 unspecified atom stereocenters. The van der Waals surface area contributed by atoms with Crippen LogP contribution in [0, 0.1) is 11.3 Å². The number of rotatable bonds is 5. The van der Waals surface area contributed by atoms with Gasteiger partial charge in [0.15, 0.2) is 0 Å². The van der Waals surface area contributed by atoms with Crippen LogP contribution in [0.4, 0.5) is 0 Å². The number of hydrogen-bond acceptors (Lipinski definition) is 0. The van der Waals surface area contributed by atoms with Gasteiger partial charge in [-0.2, -0.15) is 0 Å². The molecule has 0 aliphatic carbocycles. The lowest BCUT2D eigenvalue weighted by molar-refractivity contribution is 0.365. The highest BCUT2D eigenvalue weighted by Gasteiger charge is 2.11. The Balaban J connectivity index is 2.51. The summed E-state index contributed by atoms with van der Waals surface area (Å²) in [5.74, 6) is 1.38. The van der Waals surface area contributed by atoms with Gasteiger partial charge in [0, 0.05) is 0 Å². The molecule has 0 nitrogen and oxygen atoms in total. The quantitative estimate of drug-likeness (QED) is 0.614. The van der Waals surface area contributed by atoms with E-state index in [2.05, 4.69) is 65.8 Å². The predicted molar refractivity (Wildman–Crippen MR) is 82.1 cm³/mol. The topological polar surface area (TPSA) is 0 Å². The smallest absolute Gasteiger partial charge is 0.0167 e. The summed E-state index contributed by atoms with van der Waals surface area (Å²) < 4.78 is 0. The monoisotopic (exact) mass is 246 g/mol. The van der Waals surface area contributed by atoms with Crippen molar-refractivity contribution < 1.29 is 0 Å². The van der Waals surface area contributed by atoms with Crippen molar-refractivity contribution in [2.45, 2.75) is 66.7 Å². The highest BCUT2D eigenvalue weighted by Crippen LogP contribution is 2.25. The minimum Gasteiger partial charge on any atom is -0.0622 e. The van der Waals surface area contributed by atoms with Crippen molar-refractivity contribution >= 4 is 0 Å². The fourth-order valence-electron chi connectivity index (χ4n) is 2.20. The molecule has 0 saturated carbocycles. The zero-order chi connectivity index (χ0) is 13.8. The molecule has 0 aromatic heterocycles. The summed E-state index contributed by atoms with van der Waals surface area (Å²) in [6.07, 6.45) is 3.81. The van der Waals surface area contributed by atoms with Crippen molar-refractivity contribution in [3.05, 3.63) is 35.4 Å². The Kier molecular flexibility index (Phi) is 5.44. The fourth-order valence-corrected chi connectivity index (χ4v) is 2.20. The van der Waals surface area contributed by atoms with E-state index in [1.165, 1.54) is 30.4 Å². The molecule has 102 valence electrons. The Morgan fingerprint density at radius 2 is 1.50 bits per heavy atom. The Hall–Kier alpha value is -0.780. The Labute approximate surface area is 114 Å². The van der Waals surface area contributed by atoms with Crippen molar-refractivity contribution in [3.63, 3.8) is 0 Å². The highest BCUT2D eigenvalue weighted by atomic mass is 14.2. The molecule has 18 heavy (non-hydrogen) atoms. The predicted octanol–water partition coefficient (Wildman–Crippen LogP) is 5.81. The number of benzene rings is 1. The first-order valence-corrected chi connectivity index (χ1v) is 7.38. The molecule has 1 aromatic carbocycles. The number of aryl methyl sites for hydroxylation is 1. The second-order valence-electron chi connectivity index (χ2n) is 7.19. The average molecular weight is 246 g/mol. The maximum absolute atomic E-state index is 2.32. The summed E-state index contributed by atoms with van der Waals surface area (Å²) in [6, 6.07) is 9.27. The van der Waals surface area contributed by atoms with Crippen molar-refractivity contribution in [2.75, 3.05) is 0 Å². The summed E-state index contributed by atoms with van der Waals surface area (Å²) >= 11 is 0. The van der Waals surface area contributed by atoms with Crippen LogP contribution >= 0.6 is 0 Å². The Morgan fingerprint density at radius 1 is 0.944 bits per heavy atom. The van der Waals surface area contributed by atoms with Gasteiger partial charge >= 0.3 is 0 Å². The Bertz CT molecular complexity index is 337. The third kappa shape index (κ3) is 5.25. The second-order valence-corrected chi connectivity index (χ2v) is 7.19. The first-order chi connectivity index (χ1) is 8.29. The van der Waals surface area contributed by atoms with Gasteiger partial charge in [0.2, 0.25) is 0 Å². The van der Waals surface area contributed by atoms with E-state index in [0.717, 1.165) is 5.92 Å². The van der Waals surface area contributed by atoms with Crippen molar-refractivity contribution in [1.82, 2.24) is 0 Å². The van der Waals surface area contributed by atoms with Crippen LogP contribution in [0.5, 0.6) is 0 Å². The molecular weight excluding hydrogens is 216 g/mol. The molecule has 0 radical (unpaired) electrons. The van der Waals surface area contributed by atoms with Gasteiger partial charge in [-0.1, -0.05) is 65.8 Å². The molecule has 1 aromatic rings. The molecule has 0 fully saturated rings. The van der Waals surface area contributed by atoms with Gasteiger partial charge in [0.05, 0.1) is 0 Å². The molecular formula is C18H30. The zero-order valence-electron chi connectivity index (χ0n) is 13.1. The molecule has 0 saturated heterocycles. The lowest BCUT2D eigenvalue weighted by atomic mass is 9.87. The van der Waals surface area contributed by atoms with Crippen molar-refractivity contribution in [1.29, 1.82) is 0 Å². The lowest BCUT2D eigenvalue weighted by Gasteiger charge is -2.18. The van der Waals surface area contributed by atoms with Crippen LogP contribution in [0.1, 0.15) is 71.4 Å². The first kappa shape index (κ1) is 15.3. The van der Waals surface area contributed by atoms with E-state index in [1.807, 2.05) is 0 Å². The molecule has 0 heteroatoms. The summed E-state index contributed by atoms with van der Waals surface area (Å²) in [4.78, 5) is 0. The van der Waals surface area contributed by atoms with Crippen LogP contribution in [0.25, 0.3) is 0 Å². The second kappa shape index (κ2) is 6.41. The zero-order valence-corrected chi connectivity index (χ0v) is 13.1. The highest BCUT2D eigenvalue weighted by molar-refractivity contribution is 5.25. The van der Waals surface area contributed by atoms with E-state index in [9.17, 15) is 0 Å². The summed E-state index contributed by atoms with van der Waals surface area (Å²) in [5, 5.41) is 0. The maximum Gasteiger partial charge on any atom is -0.0167 e. The van der Waals surface area contributed by atoms with Crippen LogP contribution in [-0.2, 0) is 6.42 Å². The van der Waals surface area contributed by atoms with E-state index in [1.54, 1.807) is 0 Å². The third-order valence-electron chi connectivity index (χ3n) is 3.90. The maximum atomic E-state index is 2.32. The van der Waals surface area contributed by atoms with Crippen LogP contribution in [0.2, 0.25) is 0 Å². The summed E-state index contributed by atoms with van der Waals surface area (Å²) in [6.45, 7) is 13.9. The molecule has 0 heterocycles. The fraction of sp³-hybridized carbons (Fsp3) is 0.667. The Morgan fingerprint density at radius 3 is 1.94 bits per heavy atom. The molecule has 0 bridgehead atoms. The number of hydrogen-bond donors (Lipinski definition) is 0. The van der Waals surface area contributed by atoms with E-state index in [0.29, 0.717) is 11.3 Å². The standard InChI is InChI=1S/C18H30/c1-14(2)15(3)17-11-9-16(10-12-17)8-7-13-18(4,5)6/h9-12,14-15H,7-8,13H2,1-6H3. The third-order valence-corrected chi connectivity index (χ3v) is 3.90. The van der Waals surface area contributed by atoms with Gasteiger partial charge < -0.3 is 0 Å². The van der Waals surface area contributed by atoms with Gasteiger partial charge in [-0.05, 0) is 47.6 Å². The normalized spacial score (nSPS) is 13.9. The first-order valence-electron chi connectivity index (χ1n) is 7.38. The van der Waals surface area contributed by atoms with Gasteiger partial charge in [-0.3, -0.25) is 0 Å². The SMILES string of the molecule is CC(C)C(C)c1ccc(CCCC(C)(C)C)cc1. The minimum atomic E-state index is 0.464. The molecule has 0 N–H and O–H groups in total. The van der Waals surface area contributed by atoms with Crippen molar-refractivity contribution in [2.24, 2.45) is 11.3 Å². The summed E-state index contributed by atoms with van der Waals surface area (Å²) in [5.41, 5.74) is 3.43. The molecule has 1 rings (SSSR count). The largest absolute Gasteiger partial charge is 0.0622 e. The molecule has 0 spiro atoms. The molecule has 0 aliphatic heterocycles. The lowest BCUT2D eigenvalue weighted by Crippen LogP contribution is -2.05. The van der Waals surface area contributed by atoms with Crippen LogP contribution in [-0.4, -0.2) is 0 Å². The van der Waals surface area contributed by atoms with Crippen LogP contribution in [0.15, 0.2) is 24.3 Å². The van der Waals surface area contributed by atoms with Crippen LogP contribution < -0.4 is 0 Å².